The molecule has 1 saturated heterocycles. The molecule has 2 aromatic rings. The Morgan fingerprint density at radius 2 is 2.10 bits per heavy atom. The lowest BCUT2D eigenvalue weighted by atomic mass is 9.95. The number of carbonyl (C=O) groups is 1. The number of hydrogen-bond acceptors (Lipinski definition) is 4. The van der Waals surface area contributed by atoms with Crippen LogP contribution in [0.25, 0.3) is 0 Å². The third-order valence-electron chi connectivity index (χ3n) is 3.91. The normalized spacial score (nSPS) is 16.2. The molecule has 0 saturated carbocycles. The van der Waals surface area contributed by atoms with Crippen LogP contribution in [0.2, 0.25) is 0 Å². The van der Waals surface area contributed by atoms with Crippen molar-refractivity contribution in [1.29, 1.82) is 0 Å². The van der Waals surface area contributed by atoms with E-state index in [0.29, 0.717) is 11.5 Å². The Balaban J connectivity index is 1.64. The topological polar surface area (TPSA) is 63.9 Å². The Hall–Kier alpha value is -2.24. The molecular weight excluding hydrogens is 266 g/mol. The molecule has 0 bridgehead atoms. The van der Waals surface area contributed by atoms with E-state index in [2.05, 4.69) is 15.1 Å². The summed E-state index contributed by atoms with van der Waals surface area (Å²) in [6.07, 6.45) is 7.02. The number of nitrogens with zero attached hydrogens (tertiary/aromatic N) is 5. The zero-order chi connectivity index (χ0) is 14.8. The Bertz CT molecular complexity index is 643. The van der Waals surface area contributed by atoms with Crippen LogP contribution in [0.4, 0.5) is 0 Å². The fourth-order valence-electron chi connectivity index (χ4n) is 2.72. The van der Waals surface area contributed by atoms with Gasteiger partial charge in [0.05, 0.1) is 11.8 Å². The molecule has 6 heteroatoms. The van der Waals surface area contributed by atoms with E-state index >= 15 is 0 Å². The van der Waals surface area contributed by atoms with E-state index in [-0.39, 0.29) is 5.91 Å². The first-order valence-corrected chi connectivity index (χ1v) is 7.21. The summed E-state index contributed by atoms with van der Waals surface area (Å²) in [5.74, 6) is 1.32. The molecule has 0 N–H and O–H groups in total. The van der Waals surface area contributed by atoms with Crippen LogP contribution >= 0.6 is 0 Å². The minimum Gasteiger partial charge on any atom is -0.339 e. The number of piperidine rings is 1. The van der Waals surface area contributed by atoms with Gasteiger partial charge in [-0.3, -0.25) is 9.48 Å². The minimum absolute atomic E-state index is 0.0618. The van der Waals surface area contributed by atoms with Gasteiger partial charge in [0.15, 0.2) is 0 Å². The lowest BCUT2D eigenvalue weighted by Crippen LogP contribution is -2.38. The van der Waals surface area contributed by atoms with Crippen molar-refractivity contribution in [2.75, 3.05) is 13.1 Å². The second-order valence-electron chi connectivity index (χ2n) is 5.53. The molecule has 3 rings (SSSR count). The molecule has 1 aliphatic rings. The number of likely N-dealkylation sites (tertiary alicyclic amines) is 1. The monoisotopic (exact) mass is 285 g/mol. The molecule has 3 heterocycles. The van der Waals surface area contributed by atoms with Gasteiger partial charge >= 0.3 is 0 Å². The predicted molar refractivity (Wildman–Crippen MR) is 77.9 cm³/mol. The van der Waals surface area contributed by atoms with Gasteiger partial charge in [-0.05, 0) is 25.8 Å². The fourth-order valence-corrected chi connectivity index (χ4v) is 2.72. The molecular formula is C15H19N5O. The summed E-state index contributed by atoms with van der Waals surface area (Å²) in [7, 11) is 1.82. The van der Waals surface area contributed by atoms with Crippen molar-refractivity contribution in [2.24, 2.45) is 7.05 Å². The van der Waals surface area contributed by atoms with Gasteiger partial charge in [-0.2, -0.15) is 5.10 Å². The highest BCUT2D eigenvalue weighted by molar-refractivity contribution is 5.93. The van der Waals surface area contributed by atoms with E-state index in [1.807, 2.05) is 31.1 Å². The molecule has 0 aromatic carbocycles. The van der Waals surface area contributed by atoms with Crippen molar-refractivity contribution in [1.82, 2.24) is 24.6 Å². The zero-order valence-electron chi connectivity index (χ0n) is 12.4. The highest BCUT2D eigenvalue weighted by atomic mass is 16.2. The standard InChI is InChI=1S/C15H19N5O/c1-11-3-6-16-14(18-11)12-4-7-20(8-5-12)15(21)13-9-17-19(2)10-13/h3,6,9-10,12H,4-5,7-8H2,1-2H3. The first-order chi connectivity index (χ1) is 10.1. The molecule has 0 radical (unpaired) electrons. The maximum Gasteiger partial charge on any atom is 0.257 e. The highest BCUT2D eigenvalue weighted by Crippen LogP contribution is 2.26. The van der Waals surface area contributed by atoms with Gasteiger partial charge in [0.1, 0.15) is 5.82 Å². The first kappa shape index (κ1) is 13.7. The second kappa shape index (κ2) is 5.63. The summed E-state index contributed by atoms with van der Waals surface area (Å²) in [4.78, 5) is 23.1. The van der Waals surface area contributed by atoms with Crippen molar-refractivity contribution in [3.63, 3.8) is 0 Å². The lowest BCUT2D eigenvalue weighted by molar-refractivity contribution is 0.0711. The molecule has 1 amide bonds. The van der Waals surface area contributed by atoms with Crippen LogP contribution in [0.5, 0.6) is 0 Å². The van der Waals surface area contributed by atoms with Crippen molar-refractivity contribution >= 4 is 5.91 Å². The van der Waals surface area contributed by atoms with Gasteiger partial charge in [-0.15, -0.1) is 0 Å². The van der Waals surface area contributed by atoms with Crippen LogP contribution in [-0.2, 0) is 7.05 Å². The van der Waals surface area contributed by atoms with Crippen LogP contribution in [0.15, 0.2) is 24.7 Å². The average molecular weight is 285 g/mol. The average Bonchev–Trinajstić information content (AvgIpc) is 2.93. The SMILES string of the molecule is Cc1ccnc(C2CCN(C(=O)c3cnn(C)c3)CC2)n1. The molecule has 0 aliphatic carbocycles. The zero-order valence-corrected chi connectivity index (χ0v) is 12.4. The second-order valence-corrected chi connectivity index (χ2v) is 5.53. The molecule has 0 spiro atoms. The molecule has 2 aromatic heterocycles. The predicted octanol–water partition coefficient (Wildman–Crippen LogP) is 1.54. The summed E-state index contributed by atoms with van der Waals surface area (Å²) < 4.78 is 1.65. The third kappa shape index (κ3) is 2.94. The smallest absolute Gasteiger partial charge is 0.257 e. The largest absolute Gasteiger partial charge is 0.339 e. The van der Waals surface area contributed by atoms with Gasteiger partial charge in [-0.25, -0.2) is 9.97 Å². The molecule has 6 nitrogen and oxygen atoms in total. The fraction of sp³-hybridized carbons (Fsp3) is 0.467. The summed E-state index contributed by atoms with van der Waals surface area (Å²) in [5.41, 5.74) is 1.65. The Labute approximate surface area is 123 Å². The van der Waals surface area contributed by atoms with Crippen molar-refractivity contribution in [2.45, 2.75) is 25.7 Å². The van der Waals surface area contributed by atoms with E-state index in [1.165, 1.54) is 0 Å². The maximum absolute atomic E-state index is 12.4. The highest BCUT2D eigenvalue weighted by Gasteiger charge is 2.26. The Kier molecular flexibility index (Phi) is 3.68. The summed E-state index contributed by atoms with van der Waals surface area (Å²) in [6, 6.07) is 1.91. The third-order valence-corrected chi connectivity index (χ3v) is 3.91. The van der Waals surface area contributed by atoms with E-state index in [1.54, 1.807) is 17.1 Å². The van der Waals surface area contributed by atoms with Crippen LogP contribution in [-0.4, -0.2) is 43.6 Å². The van der Waals surface area contributed by atoms with Crippen LogP contribution < -0.4 is 0 Å². The van der Waals surface area contributed by atoms with Gasteiger partial charge in [0.25, 0.3) is 5.91 Å². The van der Waals surface area contributed by atoms with Gasteiger partial charge in [0.2, 0.25) is 0 Å². The van der Waals surface area contributed by atoms with Crippen LogP contribution in [0.1, 0.15) is 40.6 Å². The van der Waals surface area contributed by atoms with Crippen LogP contribution in [0.3, 0.4) is 0 Å². The van der Waals surface area contributed by atoms with E-state index < -0.39 is 0 Å². The Morgan fingerprint density at radius 3 is 2.71 bits per heavy atom. The van der Waals surface area contributed by atoms with Crippen molar-refractivity contribution in [3.8, 4) is 0 Å². The minimum atomic E-state index is 0.0618. The van der Waals surface area contributed by atoms with Gasteiger partial charge < -0.3 is 4.90 Å². The van der Waals surface area contributed by atoms with Crippen molar-refractivity contribution in [3.05, 3.63) is 41.7 Å². The summed E-state index contributed by atoms with van der Waals surface area (Å²) in [6.45, 7) is 3.47. The van der Waals surface area contributed by atoms with Gasteiger partial charge in [0, 0.05) is 44.1 Å². The van der Waals surface area contributed by atoms with E-state index in [9.17, 15) is 4.79 Å². The number of hydrogen-bond donors (Lipinski definition) is 0. The lowest BCUT2D eigenvalue weighted by Gasteiger charge is -2.31. The van der Waals surface area contributed by atoms with Crippen molar-refractivity contribution < 1.29 is 4.79 Å². The molecule has 0 unspecified atom stereocenters. The van der Waals surface area contributed by atoms with Gasteiger partial charge in [-0.1, -0.05) is 0 Å². The number of amides is 1. The van der Waals surface area contributed by atoms with E-state index in [4.69, 9.17) is 0 Å². The first-order valence-electron chi connectivity index (χ1n) is 7.21. The summed E-state index contributed by atoms with van der Waals surface area (Å²) in [5, 5.41) is 4.05. The molecule has 110 valence electrons. The molecule has 21 heavy (non-hydrogen) atoms. The van der Waals surface area contributed by atoms with Crippen LogP contribution in [0, 0.1) is 6.92 Å². The number of aromatic nitrogens is 4. The Morgan fingerprint density at radius 1 is 1.33 bits per heavy atom. The molecule has 1 fully saturated rings. The number of rotatable bonds is 2. The molecule has 1 aliphatic heterocycles. The number of carbonyl (C=O) groups excluding carboxylic acids is 1. The maximum atomic E-state index is 12.4. The van der Waals surface area contributed by atoms with E-state index in [0.717, 1.165) is 37.4 Å². The molecule has 0 atom stereocenters. The number of aryl methyl sites for hydroxylation is 2. The summed E-state index contributed by atoms with van der Waals surface area (Å²) >= 11 is 0. The quantitative estimate of drug-likeness (QED) is 0.839.